The number of H-pyrrole nitrogens is 1. The Bertz CT molecular complexity index is 2080. The number of fused-ring (bicyclic) bond motifs is 3. The number of nitrogens with one attached hydrogen (secondary N) is 1. The summed E-state index contributed by atoms with van der Waals surface area (Å²) in [6.07, 6.45) is -4.72. The minimum absolute atomic E-state index is 0.0343. The number of aliphatic hydroxyl groups excluding tert-OH is 2. The van der Waals surface area contributed by atoms with Crippen LogP contribution in [0.4, 0.5) is 11.8 Å². The highest BCUT2D eigenvalue weighted by molar-refractivity contribution is 7.54. The van der Waals surface area contributed by atoms with Crippen molar-refractivity contribution in [2.24, 2.45) is 11.3 Å². The summed E-state index contributed by atoms with van der Waals surface area (Å²) in [5, 5.41) is 21.1. The van der Waals surface area contributed by atoms with Gasteiger partial charge in [0.05, 0.1) is 36.6 Å². The molecule has 9 N–H and O–H groups in total. The van der Waals surface area contributed by atoms with Gasteiger partial charge in [-0.25, -0.2) is 19.5 Å². The van der Waals surface area contributed by atoms with Gasteiger partial charge in [0.15, 0.2) is 17.0 Å². The summed E-state index contributed by atoms with van der Waals surface area (Å²) >= 11 is 0.908. The maximum Gasteiger partial charge on any atom is 0.472 e. The number of hydrogen-bond donors (Lipinski definition) is 7. The highest BCUT2D eigenvalue weighted by Crippen LogP contribution is 2.83. The molecule has 11 atom stereocenters. The Hall–Kier alpha value is -2.94. The lowest BCUT2D eigenvalue weighted by Crippen LogP contribution is -2.48. The van der Waals surface area contributed by atoms with Gasteiger partial charge in [-0.2, -0.15) is 9.36 Å². The molecular weight excluding hydrogens is 672 g/mol. The molecule has 2 aliphatic heterocycles. The fourth-order valence-electron chi connectivity index (χ4n) is 7.37. The van der Waals surface area contributed by atoms with E-state index in [1.165, 1.54) is 24.1 Å². The van der Waals surface area contributed by atoms with Crippen molar-refractivity contribution in [3.05, 3.63) is 27.9 Å². The molecule has 0 bridgehead atoms. The molecule has 0 aromatic carbocycles. The number of phosphoric ester groups is 1. The second kappa shape index (κ2) is 9.80. The van der Waals surface area contributed by atoms with Crippen molar-refractivity contribution >= 4 is 60.9 Å². The van der Waals surface area contributed by atoms with Crippen molar-refractivity contribution in [1.29, 1.82) is 0 Å². The van der Waals surface area contributed by atoms with Gasteiger partial charge >= 0.3 is 15.4 Å². The van der Waals surface area contributed by atoms with Gasteiger partial charge in [0.25, 0.3) is 5.56 Å². The molecule has 3 unspecified atom stereocenters. The molecule has 4 aliphatic rings. The minimum atomic E-state index is -4.98. The first-order valence-electron chi connectivity index (χ1n) is 13.9. The van der Waals surface area contributed by atoms with Crippen LogP contribution in [-0.4, -0.2) is 96.6 Å². The van der Waals surface area contributed by atoms with Gasteiger partial charge in [0.1, 0.15) is 46.9 Å². The van der Waals surface area contributed by atoms with Crippen LogP contribution in [0.2, 0.25) is 0 Å². The first-order valence-corrected chi connectivity index (χ1v) is 17.8. The Balaban J connectivity index is 1.16. The predicted molar refractivity (Wildman–Crippen MR) is 156 cm³/mol. The number of aliphatic hydroxyl groups is 2. The number of aromatic amines is 1. The number of nitrogens with two attached hydrogens (primary N) is 2. The summed E-state index contributed by atoms with van der Waals surface area (Å²) in [6, 6.07) is -0.978. The average Bonchev–Trinajstić information content (AvgIpc) is 3.23. The van der Waals surface area contributed by atoms with Crippen molar-refractivity contribution in [2.75, 3.05) is 24.7 Å². The molecule has 1 spiro atoms. The number of imidazole rings is 1. The Kier molecular flexibility index (Phi) is 6.48. The van der Waals surface area contributed by atoms with E-state index in [1.54, 1.807) is 0 Å². The van der Waals surface area contributed by atoms with Crippen LogP contribution in [0.5, 0.6) is 0 Å². The SMILES string of the molecule is C[C@@]12[C@@H](O)[C@H](n3cnc4c(=O)[nH]c(N)nc43)[C@H]3CC31COP(=O)(O)O[C@H]1[C@@H](O)[C@H](c3snc4c(N)ncnc34)O[C@@H]1COP2(=O)O. The second-order valence-electron chi connectivity index (χ2n) is 12.0. The Labute approximate surface area is 261 Å². The van der Waals surface area contributed by atoms with Gasteiger partial charge in [0, 0.05) is 5.41 Å². The van der Waals surface area contributed by atoms with Crippen LogP contribution < -0.4 is 17.0 Å². The summed E-state index contributed by atoms with van der Waals surface area (Å²) in [5.41, 5.74) is 10.2. The molecule has 46 heavy (non-hydrogen) atoms. The number of aromatic nitrogens is 7. The third-order valence-electron chi connectivity index (χ3n) is 9.88. The fourth-order valence-corrected chi connectivity index (χ4v) is 11.3. The first kappa shape index (κ1) is 30.4. The van der Waals surface area contributed by atoms with Crippen LogP contribution in [0.3, 0.4) is 0 Å². The van der Waals surface area contributed by atoms with Crippen molar-refractivity contribution in [3.8, 4) is 0 Å². The first-order chi connectivity index (χ1) is 21.7. The molecule has 0 amide bonds. The number of rotatable bonds is 2. The lowest BCUT2D eigenvalue weighted by molar-refractivity contribution is -0.0196. The van der Waals surface area contributed by atoms with Crippen molar-refractivity contribution in [3.63, 3.8) is 0 Å². The van der Waals surface area contributed by atoms with Gasteiger partial charge in [-0.1, -0.05) is 0 Å². The molecule has 0 radical (unpaired) electrons. The molecule has 4 aromatic heterocycles. The topological polar surface area (TPSA) is 306 Å². The predicted octanol–water partition coefficient (Wildman–Crippen LogP) is -0.417. The number of nitrogens with zero attached hydrogens (tertiary/aromatic N) is 6. The lowest BCUT2D eigenvalue weighted by Gasteiger charge is -2.41. The van der Waals surface area contributed by atoms with E-state index in [2.05, 4.69) is 29.3 Å². The number of phosphoric acid groups is 1. The van der Waals surface area contributed by atoms with Crippen LogP contribution >= 0.6 is 27.0 Å². The molecule has 2 aliphatic carbocycles. The Morgan fingerprint density at radius 1 is 1.13 bits per heavy atom. The number of ether oxygens (including phenoxy) is 1. The summed E-state index contributed by atoms with van der Waals surface area (Å²) in [4.78, 5) is 53.8. The number of anilines is 2. The monoisotopic (exact) mass is 699 g/mol. The third-order valence-corrected chi connectivity index (χ3v) is 14.1. The average molecular weight is 700 g/mol. The fraction of sp³-hybridized carbons (Fsp3) is 0.565. The molecule has 6 heterocycles. The molecule has 4 aromatic rings. The molecule has 2 saturated carbocycles. The van der Waals surface area contributed by atoms with Gasteiger partial charge in [-0.3, -0.25) is 23.4 Å². The van der Waals surface area contributed by atoms with E-state index in [1.807, 2.05) is 0 Å². The highest BCUT2D eigenvalue weighted by atomic mass is 32.1. The van der Waals surface area contributed by atoms with Gasteiger partial charge in [0.2, 0.25) is 5.95 Å². The maximum atomic E-state index is 14.3. The molecule has 246 valence electrons. The number of hydrogen-bond acceptors (Lipinski definition) is 17. The highest BCUT2D eigenvalue weighted by Gasteiger charge is 2.83. The van der Waals surface area contributed by atoms with Gasteiger partial charge in [-0.05, 0) is 30.8 Å². The van der Waals surface area contributed by atoms with E-state index in [4.69, 9.17) is 29.8 Å². The van der Waals surface area contributed by atoms with E-state index in [0.717, 1.165) is 11.5 Å². The van der Waals surface area contributed by atoms with Crippen molar-refractivity contribution < 1.29 is 47.4 Å². The van der Waals surface area contributed by atoms with Crippen molar-refractivity contribution in [2.45, 2.75) is 55.1 Å². The van der Waals surface area contributed by atoms with E-state index >= 15 is 0 Å². The third kappa shape index (κ3) is 4.02. The van der Waals surface area contributed by atoms with Crippen LogP contribution in [-0.2, 0) is 27.4 Å². The number of nitrogen functional groups attached to an aromatic ring is 2. The van der Waals surface area contributed by atoms with Crippen LogP contribution in [0.25, 0.3) is 22.2 Å². The Morgan fingerprint density at radius 3 is 2.70 bits per heavy atom. The summed E-state index contributed by atoms with van der Waals surface area (Å²) < 4.78 is 55.8. The summed E-state index contributed by atoms with van der Waals surface area (Å²) in [7, 11) is -9.87. The lowest BCUT2D eigenvalue weighted by atomic mass is 9.89. The minimum Gasteiger partial charge on any atom is -0.390 e. The molecule has 8 rings (SSSR count). The van der Waals surface area contributed by atoms with E-state index in [0.29, 0.717) is 4.88 Å². The molecular formula is C23H27N9O11P2S. The van der Waals surface area contributed by atoms with Gasteiger partial charge < -0.3 is 45.3 Å². The molecule has 20 nitrogen and oxygen atoms in total. The van der Waals surface area contributed by atoms with E-state index < -0.39 is 87.2 Å². The molecule has 23 heteroatoms. The smallest absolute Gasteiger partial charge is 0.390 e. The Morgan fingerprint density at radius 2 is 1.91 bits per heavy atom. The zero-order valence-electron chi connectivity index (χ0n) is 23.6. The van der Waals surface area contributed by atoms with Crippen LogP contribution in [0.15, 0.2) is 17.4 Å². The quantitative estimate of drug-likeness (QED) is 0.131. The zero-order valence-corrected chi connectivity index (χ0v) is 26.2. The normalized spacial score (nSPS) is 42.4. The summed E-state index contributed by atoms with van der Waals surface area (Å²) in [5.74, 6) is -0.727. The van der Waals surface area contributed by atoms with Crippen LogP contribution in [0.1, 0.15) is 30.4 Å². The maximum absolute atomic E-state index is 14.3. The zero-order chi connectivity index (χ0) is 32.6. The molecule has 2 saturated heterocycles. The molecule has 4 fully saturated rings. The standard InChI is InChI=1S/C23H27N9O11P2S/c1-22-17(34)12(32-6-28-11-19(32)29-21(25)30-20(11)35)7-2-23(7,22)4-41-45(38,39)43-14-8(3-40-44(22,36)37)42-15(13(14)33)16-9-10(31-46-16)18(24)27-5-26-9/h5-8,12-15,17,33-34H,2-4H2,1H3,(H,36,37)(H,38,39)(H2,24,26,27)(H3,25,29,30,35)/t7-,8-,12-,13-,14-,15-,17+,22-,23?/m1/s1. The van der Waals surface area contributed by atoms with Crippen molar-refractivity contribution in [1.82, 2.24) is 33.9 Å². The van der Waals surface area contributed by atoms with Gasteiger partial charge in [-0.15, -0.1) is 0 Å². The van der Waals surface area contributed by atoms with Crippen LogP contribution in [0, 0.1) is 11.3 Å². The van der Waals surface area contributed by atoms with E-state index in [9.17, 15) is 33.9 Å². The summed E-state index contributed by atoms with van der Waals surface area (Å²) in [6.45, 7) is 0.0590. The largest absolute Gasteiger partial charge is 0.472 e. The van der Waals surface area contributed by atoms with E-state index in [-0.39, 0.29) is 40.4 Å². The second-order valence-corrected chi connectivity index (χ2v) is 16.5.